The van der Waals surface area contributed by atoms with Crippen molar-refractivity contribution in [3.05, 3.63) is 23.1 Å². The van der Waals surface area contributed by atoms with Crippen LogP contribution in [-0.2, 0) is 10.9 Å². The summed E-state index contributed by atoms with van der Waals surface area (Å²) < 4.78 is 78.0. The minimum atomic E-state index is -4.85. The predicted molar refractivity (Wildman–Crippen MR) is 162 cm³/mol. The molecule has 4 atom stereocenters. The van der Waals surface area contributed by atoms with Crippen molar-refractivity contribution in [1.82, 2.24) is 30.2 Å². The number of nitrogens with zero attached hydrogens (tertiary/aromatic N) is 6. The third kappa shape index (κ3) is 5.66. The van der Waals surface area contributed by atoms with Gasteiger partial charge in [0.05, 0.1) is 36.1 Å². The van der Waals surface area contributed by atoms with E-state index in [1.54, 1.807) is 0 Å². The predicted octanol–water partition coefficient (Wildman–Crippen LogP) is 3.96. The Hall–Kier alpha value is -3.56. The lowest BCUT2D eigenvalue weighted by Crippen LogP contribution is -2.56. The second-order valence-electron chi connectivity index (χ2n) is 13.2. The Morgan fingerprint density at radius 1 is 1.11 bits per heavy atom. The fourth-order valence-corrected chi connectivity index (χ4v) is 7.17. The average Bonchev–Trinajstić information content (AvgIpc) is 3.75. The Morgan fingerprint density at radius 3 is 2.54 bits per heavy atom. The lowest BCUT2D eigenvalue weighted by atomic mass is 10.0. The van der Waals surface area contributed by atoms with E-state index in [9.17, 15) is 13.2 Å². The van der Waals surface area contributed by atoms with E-state index in [2.05, 4.69) is 39.0 Å². The molecule has 15 heteroatoms. The number of pyridine rings is 2. The molecule has 248 valence electrons. The van der Waals surface area contributed by atoms with Gasteiger partial charge in [-0.1, -0.05) is 0 Å². The number of morpholine rings is 1. The van der Waals surface area contributed by atoms with E-state index >= 15 is 4.39 Å². The van der Waals surface area contributed by atoms with Gasteiger partial charge in [-0.3, -0.25) is 4.90 Å². The SMILES string of the molecule is Cc1nc(N)cc(-c2nc3c4c(nc(OCC5(CN6C[C@@H](C)O[C@@H](C)C6)CC5)nc4c2F)N2CCNC[C@H]2[C@H](C)O3)c1C(F)(F)F. The molecule has 0 amide bonds. The Morgan fingerprint density at radius 2 is 1.85 bits per heavy atom. The van der Waals surface area contributed by atoms with Gasteiger partial charge in [0, 0.05) is 50.2 Å². The molecule has 0 aromatic carbocycles. The van der Waals surface area contributed by atoms with E-state index in [4.69, 9.17) is 24.9 Å². The molecule has 0 radical (unpaired) electrons. The quantitative estimate of drug-likeness (QED) is 0.379. The van der Waals surface area contributed by atoms with E-state index in [0.29, 0.717) is 32.1 Å². The first-order chi connectivity index (χ1) is 21.8. The Labute approximate surface area is 263 Å². The van der Waals surface area contributed by atoms with Crippen molar-refractivity contribution in [2.24, 2.45) is 5.41 Å². The number of ether oxygens (including phenoxy) is 3. The van der Waals surface area contributed by atoms with Crippen LogP contribution in [0.25, 0.3) is 22.2 Å². The van der Waals surface area contributed by atoms with Gasteiger partial charge in [-0.25, -0.2) is 14.4 Å². The van der Waals surface area contributed by atoms with Crippen LogP contribution >= 0.6 is 0 Å². The molecule has 3 fully saturated rings. The van der Waals surface area contributed by atoms with E-state index in [1.165, 1.54) is 6.92 Å². The zero-order chi connectivity index (χ0) is 32.5. The second kappa shape index (κ2) is 11.3. The molecule has 0 bridgehead atoms. The zero-order valence-corrected chi connectivity index (χ0v) is 26.2. The molecule has 1 aliphatic carbocycles. The fraction of sp³-hybridized carbons (Fsp3) is 0.613. The van der Waals surface area contributed by atoms with Crippen LogP contribution in [0.5, 0.6) is 11.9 Å². The molecular formula is C31H38F4N8O3. The van der Waals surface area contributed by atoms with Gasteiger partial charge in [-0.05, 0) is 46.6 Å². The number of hydrogen-bond donors (Lipinski definition) is 2. The number of nitrogen functional groups attached to an aromatic ring is 1. The Bertz CT molecular complexity index is 1660. The first-order valence-electron chi connectivity index (χ1n) is 15.7. The van der Waals surface area contributed by atoms with Crippen molar-refractivity contribution < 1.29 is 31.8 Å². The van der Waals surface area contributed by atoms with Crippen LogP contribution in [-0.4, -0.2) is 95.1 Å². The van der Waals surface area contributed by atoms with Crippen molar-refractivity contribution in [2.75, 3.05) is 56.5 Å². The largest absolute Gasteiger partial charge is 0.472 e. The van der Waals surface area contributed by atoms with Crippen LogP contribution in [0.4, 0.5) is 29.2 Å². The topological polar surface area (TPSA) is 124 Å². The van der Waals surface area contributed by atoms with Crippen LogP contribution < -0.4 is 25.4 Å². The molecule has 2 saturated heterocycles. The third-order valence-electron chi connectivity index (χ3n) is 9.38. The van der Waals surface area contributed by atoms with Gasteiger partial charge >= 0.3 is 12.2 Å². The smallest absolute Gasteiger partial charge is 0.418 e. The molecule has 3 aromatic rings. The number of nitrogens with two attached hydrogens (primary N) is 1. The molecule has 0 unspecified atom stereocenters. The minimum absolute atomic E-state index is 0.0483. The van der Waals surface area contributed by atoms with Crippen molar-refractivity contribution in [1.29, 1.82) is 0 Å². The molecule has 3 aromatic heterocycles. The number of halogens is 4. The summed E-state index contributed by atoms with van der Waals surface area (Å²) in [6.07, 6.45) is -3.11. The molecule has 3 aliphatic heterocycles. The number of aromatic nitrogens is 4. The molecule has 46 heavy (non-hydrogen) atoms. The maximum absolute atomic E-state index is 16.7. The number of aryl methyl sites for hydroxylation is 1. The van der Waals surface area contributed by atoms with Gasteiger partial charge in [0.2, 0.25) is 5.88 Å². The molecular weight excluding hydrogens is 608 g/mol. The normalized spacial score (nSPS) is 26.0. The standard InChI is InChI=1S/C31H38F4N8O3/c1-15-11-42(12-16(2)45-15)13-30(5-6-30)14-44-29-40-26-22-27(41-29)43-8-7-37-10-20(43)18(4)46-28(22)39-25(24(26)32)19-9-21(36)38-17(3)23(19)31(33,34)35/h9,15-16,18,20,37H,5-8,10-14H2,1-4H3,(H2,36,38)/t15-,16+,18-,20-/m0/s1. The lowest BCUT2D eigenvalue weighted by molar-refractivity contribution is -0.137. The molecule has 4 aliphatic rings. The summed E-state index contributed by atoms with van der Waals surface area (Å²) in [5, 5.41) is 3.54. The lowest BCUT2D eigenvalue weighted by Gasteiger charge is -2.38. The Balaban J connectivity index is 1.33. The molecule has 7 rings (SSSR count). The first-order valence-corrected chi connectivity index (χ1v) is 15.7. The van der Waals surface area contributed by atoms with Crippen LogP contribution in [0.15, 0.2) is 6.07 Å². The van der Waals surface area contributed by atoms with E-state index in [-0.39, 0.29) is 52.3 Å². The van der Waals surface area contributed by atoms with Crippen LogP contribution in [0.2, 0.25) is 0 Å². The summed E-state index contributed by atoms with van der Waals surface area (Å²) in [7, 11) is 0. The molecule has 6 heterocycles. The highest BCUT2D eigenvalue weighted by Gasteiger charge is 2.46. The van der Waals surface area contributed by atoms with Gasteiger partial charge in [0.15, 0.2) is 5.82 Å². The fourth-order valence-electron chi connectivity index (χ4n) is 7.17. The first kappa shape index (κ1) is 31.1. The third-order valence-corrected chi connectivity index (χ3v) is 9.38. The van der Waals surface area contributed by atoms with Crippen molar-refractivity contribution in [2.45, 2.75) is 71.1 Å². The number of nitrogens with one attached hydrogen (secondary N) is 1. The zero-order valence-electron chi connectivity index (χ0n) is 26.2. The maximum Gasteiger partial charge on any atom is 0.418 e. The molecule has 11 nitrogen and oxygen atoms in total. The van der Waals surface area contributed by atoms with E-state index < -0.39 is 40.6 Å². The van der Waals surface area contributed by atoms with E-state index in [1.807, 2.05) is 11.8 Å². The van der Waals surface area contributed by atoms with Gasteiger partial charge in [0.1, 0.15) is 34.3 Å². The number of fused-ring (bicyclic) bond motifs is 2. The summed E-state index contributed by atoms with van der Waals surface area (Å²) >= 11 is 0. The molecule has 0 spiro atoms. The number of hydrogen-bond acceptors (Lipinski definition) is 11. The molecule has 1 saturated carbocycles. The number of rotatable bonds is 6. The monoisotopic (exact) mass is 646 g/mol. The van der Waals surface area contributed by atoms with Gasteiger partial charge in [-0.2, -0.15) is 23.1 Å². The second-order valence-corrected chi connectivity index (χ2v) is 13.2. The van der Waals surface area contributed by atoms with Gasteiger partial charge in [0.25, 0.3) is 0 Å². The summed E-state index contributed by atoms with van der Waals surface area (Å²) in [6, 6.07) is 0.731. The van der Waals surface area contributed by atoms with Crippen molar-refractivity contribution in [3.63, 3.8) is 0 Å². The van der Waals surface area contributed by atoms with Crippen LogP contribution in [0.1, 0.15) is 44.9 Å². The summed E-state index contributed by atoms with van der Waals surface area (Å²) in [4.78, 5) is 21.8. The molecule has 3 N–H and O–H groups in total. The minimum Gasteiger partial charge on any atom is -0.472 e. The highest BCUT2D eigenvalue weighted by molar-refractivity contribution is 5.97. The highest BCUT2D eigenvalue weighted by Crippen LogP contribution is 2.48. The van der Waals surface area contributed by atoms with Gasteiger partial charge < -0.3 is 30.2 Å². The highest BCUT2D eigenvalue weighted by atomic mass is 19.4. The number of piperazine rings is 1. The summed E-state index contributed by atoms with van der Waals surface area (Å²) in [6.45, 7) is 11.7. The maximum atomic E-state index is 16.7. The summed E-state index contributed by atoms with van der Waals surface area (Å²) in [5.74, 6) is -0.919. The van der Waals surface area contributed by atoms with Gasteiger partial charge in [-0.15, -0.1) is 0 Å². The Kier molecular flexibility index (Phi) is 7.63. The average molecular weight is 647 g/mol. The van der Waals surface area contributed by atoms with Crippen LogP contribution in [0.3, 0.4) is 0 Å². The van der Waals surface area contributed by atoms with Crippen molar-refractivity contribution in [3.8, 4) is 23.1 Å². The van der Waals surface area contributed by atoms with Crippen LogP contribution in [0, 0.1) is 18.2 Å². The number of alkyl halides is 3. The summed E-state index contributed by atoms with van der Waals surface area (Å²) in [5.41, 5.74) is 2.90. The van der Waals surface area contributed by atoms with Crippen molar-refractivity contribution >= 4 is 22.5 Å². The number of anilines is 2. The van der Waals surface area contributed by atoms with E-state index in [0.717, 1.165) is 38.5 Å².